The van der Waals surface area contributed by atoms with E-state index in [-0.39, 0.29) is 0 Å². The molecule has 0 bridgehead atoms. The number of hydrogen-bond acceptors (Lipinski definition) is 3. The zero-order valence-electron chi connectivity index (χ0n) is 10.8. The predicted molar refractivity (Wildman–Crippen MR) is 73.5 cm³/mol. The maximum Gasteiger partial charge on any atom is 0.121 e. The molecule has 4 heteroatoms. The lowest BCUT2D eigenvalue weighted by molar-refractivity contribution is 0.206. The molecule has 2 N–H and O–H groups in total. The third-order valence-corrected chi connectivity index (χ3v) is 3.75. The summed E-state index contributed by atoms with van der Waals surface area (Å²) in [5.41, 5.74) is 2.20. The van der Waals surface area contributed by atoms with Gasteiger partial charge in [-0.2, -0.15) is 0 Å². The quantitative estimate of drug-likeness (QED) is 0.861. The van der Waals surface area contributed by atoms with E-state index in [1.807, 2.05) is 12.1 Å². The molecular formula is C14H20N4. The van der Waals surface area contributed by atoms with Gasteiger partial charge in [0.15, 0.2) is 0 Å². The largest absolute Gasteiger partial charge is 0.341 e. The highest BCUT2D eigenvalue weighted by Crippen LogP contribution is 2.15. The molecule has 0 saturated carbocycles. The summed E-state index contributed by atoms with van der Waals surface area (Å²) in [5, 5.41) is 3.43. The zero-order valence-corrected chi connectivity index (χ0v) is 10.8. The van der Waals surface area contributed by atoms with Gasteiger partial charge >= 0.3 is 0 Å². The third-order valence-electron chi connectivity index (χ3n) is 3.75. The molecule has 0 spiro atoms. The summed E-state index contributed by atoms with van der Waals surface area (Å²) in [6.45, 7) is 6.46. The Morgan fingerprint density at radius 1 is 1.39 bits per heavy atom. The number of likely N-dealkylation sites (N-methyl/N-ethyl adjacent to an activating group) is 1. The molecule has 0 aliphatic carbocycles. The summed E-state index contributed by atoms with van der Waals surface area (Å²) in [6.07, 6.45) is 1.24. The van der Waals surface area contributed by atoms with Gasteiger partial charge in [-0.05, 0) is 31.6 Å². The summed E-state index contributed by atoms with van der Waals surface area (Å²) >= 11 is 0. The van der Waals surface area contributed by atoms with Gasteiger partial charge in [-0.15, -0.1) is 0 Å². The monoisotopic (exact) mass is 244 g/mol. The molecule has 1 aliphatic heterocycles. The van der Waals surface area contributed by atoms with Crippen LogP contribution < -0.4 is 5.32 Å². The fraction of sp³-hybridized carbons (Fsp3) is 0.500. The summed E-state index contributed by atoms with van der Waals surface area (Å²) in [5.74, 6) is 1.07. The fourth-order valence-corrected chi connectivity index (χ4v) is 2.72. The minimum absolute atomic E-state index is 0.656. The molecule has 2 aromatic rings. The van der Waals surface area contributed by atoms with E-state index in [4.69, 9.17) is 0 Å². The van der Waals surface area contributed by atoms with Crippen LogP contribution in [0.5, 0.6) is 0 Å². The van der Waals surface area contributed by atoms with Crippen molar-refractivity contribution in [3.05, 3.63) is 30.1 Å². The van der Waals surface area contributed by atoms with Crippen LogP contribution in [0, 0.1) is 0 Å². The van der Waals surface area contributed by atoms with E-state index in [0.717, 1.165) is 43.0 Å². The van der Waals surface area contributed by atoms with Crippen molar-refractivity contribution in [2.75, 3.05) is 19.6 Å². The van der Waals surface area contributed by atoms with Gasteiger partial charge in [-0.25, -0.2) is 4.98 Å². The van der Waals surface area contributed by atoms with E-state index >= 15 is 0 Å². The van der Waals surface area contributed by atoms with E-state index in [9.17, 15) is 0 Å². The van der Waals surface area contributed by atoms with Crippen molar-refractivity contribution in [1.29, 1.82) is 0 Å². The number of imidazole rings is 1. The third kappa shape index (κ3) is 2.26. The van der Waals surface area contributed by atoms with Crippen LogP contribution in [-0.2, 0) is 6.54 Å². The van der Waals surface area contributed by atoms with Crippen LogP contribution in [0.3, 0.4) is 0 Å². The molecule has 96 valence electrons. The van der Waals surface area contributed by atoms with Gasteiger partial charge in [0.2, 0.25) is 0 Å². The number of para-hydroxylation sites is 2. The highest BCUT2D eigenvalue weighted by Gasteiger charge is 2.21. The van der Waals surface area contributed by atoms with E-state index in [1.54, 1.807) is 0 Å². The lowest BCUT2D eigenvalue weighted by Gasteiger charge is -2.25. The summed E-state index contributed by atoms with van der Waals surface area (Å²) in [7, 11) is 0. The molecular weight excluding hydrogens is 224 g/mol. The van der Waals surface area contributed by atoms with Crippen LogP contribution in [0.4, 0.5) is 0 Å². The van der Waals surface area contributed by atoms with Crippen molar-refractivity contribution in [2.24, 2.45) is 0 Å². The second-order valence-electron chi connectivity index (χ2n) is 4.91. The number of aromatic nitrogens is 2. The molecule has 2 heterocycles. The smallest absolute Gasteiger partial charge is 0.121 e. The van der Waals surface area contributed by atoms with Crippen molar-refractivity contribution >= 4 is 11.0 Å². The molecule has 18 heavy (non-hydrogen) atoms. The van der Waals surface area contributed by atoms with Gasteiger partial charge in [0.1, 0.15) is 5.82 Å². The number of fused-ring (bicyclic) bond motifs is 1. The maximum atomic E-state index is 4.65. The Kier molecular flexibility index (Phi) is 3.30. The van der Waals surface area contributed by atoms with E-state index in [2.05, 4.69) is 39.2 Å². The number of nitrogens with zero attached hydrogens (tertiary/aromatic N) is 2. The molecule has 1 atom stereocenters. The Morgan fingerprint density at radius 2 is 2.28 bits per heavy atom. The minimum atomic E-state index is 0.656. The first-order valence-corrected chi connectivity index (χ1v) is 6.75. The number of rotatable bonds is 4. The molecule has 1 saturated heterocycles. The van der Waals surface area contributed by atoms with Gasteiger partial charge in [-0.3, -0.25) is 4.90 Å². The average molecular weight is 244 g/mol. The summed E-state index contributed by atoms with van der Waals surface area (Å²) in [4.78, 5) is 10.6. The highest BCUT2D eigenvalue weighted by atomic mass is 15.2. The van der Waals surface area contributed by atoms with Crippen molar-refractivity contribution in [3.63, 3.8) is 0 Å². The predicted octanol–water partition coefficient (Wildman–Crippen LogP) is 1.75. The van der Waals surface area contributed by atoms with Crippen molar-refractivity contribution in [1.82, 2.24) is 20.2 Å². The summed E-state index contributed by atoms with van der Waals surface area (Å²) in [6, 6.07) is 8.87. The number of nitrogens with one attached hydrogen (secondary N) is 2. The van der Waals surface area contributed by atoms with E-state index in [1.165, 1.54) is 6.42 Å². The van der Waals surface area contributed by atoms with Crippen molar-refractivity contribution < 1.29 is 0 Å². The Morgan fingerprint density at radius 3 is 3.00 bits per heavy atom. The van der Waals surface area contributed by atoms with Gasteiger partial charge in [0.25, 0.3) is 0 Å². The number of hydrogen-bond donors (Lipinski definition) is 2. The van der Waals surface area contributed by atoms with Crippen LogP contribution in [0.1, 0.15) is 19.2 Å². The van der Waals surface area contributed by atoms with Gasteiger partial charge in [0.05, 0.1) is 17.6 Å². The molecule has 1 unspecified atom stereocenters. The molecule has 1 aliphatic rings. The van der Waals surface area contributed by atoms with Crippen molar-refractivity contribution in [3.8, 4) is 0 Å². The standard InChI is InChI=1S/C14H20N4/c1-2-18(11-7-8-15-9-11)10-14-16-12-5-3-4-6-13(12)17-14/h3-6,11,15H,2,7-10H2,1H3,(H,16,17). The fourth-order valence-electron chi connectivity index (χ4n) is 2.72. The Hall–Kier alpha value is -1.39. The molecule has 0 amide bonds. The first-order valence-electron chi connectivity index (χ1n) is 6.75. The molecule has 3 rings (SSSR count). The van der Waals surface area contributed by atoms with Crippen LogP contribution in [0.25, 0.3) is 11.0 Å². The molecule has 1 fully saturated rings. The Labute approximate surface area is 107 Å². The first-order chi connectivity index (χ1) is 8.86. The van der Waals surface area contributed by atoms with E-state index < -0.39 is 0 Å². The maximum absolute atomic E-state index is 4.65. The number of aromatic amines is 1. The molecule has 1 aromatic heterocycles. The van der Waals surface area contributed by atoms with Gasteiger partial charge in [-0.1, -0.05) is 19.1 Å². The number of benzene rings is 1. The highest BCUT2D eigenvalue weighted by molar-refractivity contribution is 5.74. The van der Waals surface area contributed by atoms with E-state index in [0.29, 0.717) is 6.04 Å². The lowest BCUT2D eigenvalue weighted by Crippen LogP contribution is -2.36. The first kappa shape index (κ1) is 11.7. The minimum Gasteiger partial charge on any atom is -0.341 e. The zero-order chi connectivity index (χ0) is 12.4. The molecule has 1 aromatic carbocycles. The normalized spacial score (nSPS) is 20.0. The van der Waals surface area contributed by atoms with Crippen LogP contribution in [0.2, 0.25) is 0 Å². The summed E-state index contributed by atoms with van der Waals surface area (Å²) < 4.78 is 0. The molecule has 4 nitrogen and oxygen atoms in total. The average Bonchev–Trinajstić information content (AvgIpc) is 3.04. The SMILES string of the molecule is CCN(Cc1nc2ccccc2[nH]1)C1CCNC1. The topological polar surface area (TPSA) is 44.0 Å². The second-order valence-corrected chi connectivity index (χ2v) is 4.91. The molecule has 0 radical (unpaired) electrons. The van der Waals surface area contributed by atoms with Crippen LogP contribution >= 0.6 is 0 Å². The van der Waals surface area contributed by atoms with Crippen molar-refractivity contribution in [2.45, 2.75) is 25.9 Å². The van der Waals surface area contributed by atoms with Gasteiger partial charge in [0, 0.05) is 12.6 Å². The lowest BCUT2D eigenvalue weighted by atomic mass is 10.2. The second kappa shape index (κ2) is 5.08. The Bertz CT molecular complexity index is 480. The van der Waals surface area contributed by atoms with Crippen LogP contribution in [0.15, 0.2) is 24.3 Å². The Balaban J connectivity index is 1.77. The van der Waals surface area contributed by atoms with Gasteiger partial charge < -0.3 is 10.3 Å². The van der Waals surface area contributed by atoms with Crippen LogP contribution in [-0.4, -0.2) is 40.5 Å². The number of H-pyrrole nitrogens is 1.